The van der Waals surface area contributed by atoms with Crippen molar-refractivity contribution in [2.75, 3.05) is 75.3 Å². The molecule has 18 nitrogen and oxygen atoms in total. The molecule has 0 radical (unpaired) electrons. The molecule has 83 heavy (non-hydrogen) atoms. The Morgan fingerprint density at radius 1 is 0.988 bits per heavy atom. The van der Waals surface area contributed by atoms with Crippen molar-refractivity contribution in [1.29, 1.82) is 5.26 Å². The number of piperazine rings is 1. The number of fused-ring (bicyclic) bond motifs is 2. The standard InChI is InChI=1S/C61H64ClF2N11O7S/c1-34(2)51(59(80)75-30-43(77)26-48(75)57(78)67-36(4)38-10-12-39(13-11-38)55-37(5)66-33-83-55)49-28-50(70-82-49)73-31-61(32-73)15-18-71(19-16-61)22-23-81-60-68-54-46(56(69-60)72-20-21-74(58(79)35(3)63)41(29-72)14-17-65)27-47(62)52(53(54)64)45-25-42(76)24-40-8-6-7-9-44(40)45/h6-13,24-25,27-28,33-34,36,41,43,48,51,76-77H,3,14-16,18-23,26,29-32H2,1-2,4-5H3,(H,67,78)/t36-,41-,43+,48-,51-/m0/s1. The lowest BCUT2D eigenvalue weighted by Gasteiger charge is -2.54. The van der Waals surface area contributed by atoms with Crippen molar-refractivity contribution in [3.63, 3.8) is 0 Å². The van der Waals surface area contributed by atoms with Crippen molar-refractivity contribution in [3.05, 3.63) is 119 Å². The van der Waals surface area contributed by atoms with Crippen LogP contribution < -0.4 is 19.9 Å². The average Bonchev–Trinajstić information content (AvgIpc) is 1.88. The number of β-amino-alcohol motifs (C(OH)–C–C–N with tert-alkyl or cyclic N) is 1. The highest BCUT2D eigenvalue weighted by molar-refractivity contribution is 7.13. The molecule has 3 N–H and O–H groups in total. The number of aromatic hydroxyl groups is 1. The largest absolute Gasteiger partial charge is 0.508 e. The van der Waals surface area contributed by atoms with Gasteiger partial charge in [0.15, 0.2) is 23.2 Å². The number of phenols is 1. The van der Waals surface area contributed by atoms with Crippen LogP contribution in [0.25, 0.3) is 43.2 Å². The third kappa shape index (κ3) is 11.4. The summed E-state index contributed by atoms with van der Waals surface area (Å²) in [6.45, 7) is 15.0. The zero-order valence-corrected chi connectivity index (χ0v) is 48.1. The molecule has 7 heterocycles. The van der Waals surface area contributed by atoms with Crippen LogP contribution in [0.15, 0.2) is 95.2 Å². The number of ether oxygens (including phenoxy) is 1. The highest BCUT2D eigenvalue weighted by atomic mass is 35.5. The number of carbonyl (C=O) groups is 3. The predicted octanol–water partition coefficient (Wildman–Crippen LogP) is 9.34. The van der Waals surface area contributed by atoms with Crippen LogP contribution in [0.2, 0.25) is 5.02 Å². The summed E-state index contributed by atoms with van der Waals surface area (Å²) >= 11 is 8.53. The highest BCUT2D eigenvalue weighted by Gasteiger charge is 2.47. The minimum Gasteiger partial charge on any atom is -0.508 e. The maximum atomic E-state index is 17.3. The summed E-state index contributed by atoms with van der Waals surface area (Å²) in [6, 6.07) is 21.7. The first-order valence-corrected chi connectivity index (χ1v) is 29.2. The summed E-state index contributed by atoms with van der Waals surface area (Å²) in [5.41, 5.74) is 5.08. The van der Waals surface area contributed by atoms with Gasteiger partial charge in [-0.25, -0.2) is 13.8 Å². The van der Waals surface area contributed by atoms with Crippen LogP contribution in [0, 0.1) is 35.4 Å². The topological polar surface area (TPSA) is 218 Å². The number of aliphatic hydroxyl groups excluding tert-OH is 1. The van der Waals surface area contributed by atoms with E-state index in [1.807, 2.05) is 87.8 Å². The number of hydrogen-bond acceptors (Lipinski definition) is 16. The summed E-state index contributed by atoms with van der Waals surface area (Å²) in [6.07, 6.45) is 0.971. The molecule has 22 heteroatoms. The number of likely N-dealkylation sites (tertiary alicyclic amines) is 2. The van der Waals surface area contributed by atoms with Crippen LogP contribution in [-0.2, 0) is 14.4 Å². The van der Waals surface area contributed by atoms with Gasteiger partial charge in [-0.1, -0.05) is 85.7 Å². The molecule has 1 spiro atoms. The Hall–Kier alpha value is -7.77. The number of aliphatic hydroxyl groups is 1. The Morgan fingerprint density at radius 3 is 2.46 bits per heavy atom. The van der Waals surface area contributed by atoms with E-state index in [9.17, 15) is 34.2 Å². The number of rotatable bonds is 16. The Balaban J connectivity index is 0.731. The molecule has 432 valence electrons. The number of nitrogens with zero attached hydrogens (tertiary/aromatic N) is 10. The number of benzene rings is 4. The van der Waals surface area contributed by atoms with Crippen LogP contribution in [0.3, 0.4) is 0 Å². The van der Waals surface area contributed by atoms with Crippen molar-refractivity contribution in [2.45, 2.75) is 83.5 Å². The molecular formula is C61H64ClF2N11O7S. The monoisotopic (exact) mass is 1170 g/mol. The third-order valence-electron chi connectivity index (χ3n) is 16.9. The number of nitrogens with one attached hydrogen (secondary N) is 1. The maximum absolute atomic E-state index is 17.3. The van der Waals surface area contributed by atoms with Gasteiger partial charge in [0.25, 0.3) is 5.91 Å². The number of aromatic nitrogens is 4. The fraction of sp³-hybridized carbons (Fsp3) is 0.410. The lowest BCUT2D eigenvalue weighted by atomic mass is 9.72. The number of hydrogen-bond donors (Lipinski definition) is 3. The third-order valence-corrected chi connectivity index (χ3v) is 18.2. The van der Waals surface area contributed by atoms with Gasteiger partial charge in [0.2, 0.25) is 11.8 Å². The number of thiazole rings is 1. The molecule has 0 aliphatic carbocycles. The summed E-state index contributed by atoms with van der Waals surface area (Å²) in [5.74, 6) is -3.14. The number of aryl methyl sites for hydroxylation is 1. The summed E-state index contributed by atoms with van der Waals surface area (Å²) < 4.78 is 43.6. The van der Waals surface area contributed by atoms with Gasteiger partial charge in [-0.3, -0.25) is 19.3 Å². The van der Waals surface area contributed by atoms with E-state index in [-0.39, 0.29) is 114 Å². The number of phenolic OH excluding ortho intramolecular Hbond substituents is 1. The molecule has 0 unspecified atom stereocenters. The first-order chi connectivity index (χ1) is 39.9. The van der Waals surface area contributed by atoms with E-state index in [1.54, 1.807) is 28.4 Å². The van der Waals surface area contributed by atoms with E-state index in [4.69, 9.17) is 25.8 Å². The van der Waals surface area contributed by atoms with Crippen molar-refractivity contribution in [1.82, 2.24) is 40.1 Å². The van der Waals surface area contributed by atoms with Crippen molar-refractivity contribution in [2.24, 2.45) is 11.3 Å². The Morgan fingerprint density at radius 2 is 1.75 bits per heavy atom. The van der Waals surface area contributed by atoms with Crippen LogP contribution in [0.1, 0.15) is 75.4 Å². The van der Waals surface area contributed by atoms with Crippen molar-refractivity contribution >= 4 is 74.0 Å². The van der Waals surface area contributed by atoms with Crippen LogP contribution in [0.4, 0.5) is 20.4 Å². The van der Waals surface area contributed by atoms with E-state index < -0.39 is 41.7 Å². The molecule has 4 aliphatic rings. The predicted molar refractivity (Wildman–Crippen MR) is 312 cm³/mol. The van der Waals surface area contributed by atoms with Crippen LogP contribution in [0.5, 0.6) is 11.8 Å². The lowest BCUT2D eigenvalue weighted by Crippen LogP contribution is -2.60. The van der Waals surface area contributed by atoms with Crippen molar-refractivity contribution < 1.29 is 42.6 Å². The Kier molecular flexibility index (Phi) is 16.1. The average molecular weight is 1170 g/mol. The second-order valence-electron chi connectivity index (χ2n) is 22.7. The van der Waals surface area contributed by atoms with Gasteiger partial charge in [0.1, 0.15) is 35.7 Å². The van der Waals surface area contributed by atoms with Gasteiger partial charge in [-0.2, -0.15) is 15.2 Å². The fourth-order valence-corrected chi connectivity index (χ4v) is 13.5. The lowest BCUT2D eigenvalue weighted by molar-refractivity contribution is -0.141. The molecule has 4 fully saturated rings. The number of nitriles is 1. The first kappa shape index (κ1) is 57.1. The summed E-state index contributed by atoms with van der Waals surface area (Å²) in [5, 5.41) is 40.4. The second kappa shape index (κ2) is 23.5. The van der Waals surface area contributed by atoms with Crippen LogP contribution in [-0.4, -0.2) is 146 Å². The summed E-state index contributed by atoms with van der Waals surface area (Å²) in [7, 11) is 0. The molecule has 4 saturated heterocycles. The van der Waals surface area contributed by atoms with E-state index in [0.717, 1.165) is 60.7 Å². The van der Waals surface area contributed by atoms with Crippen LogP contribution >= 0.6 is 22.9 Å². The number of carbonyl (C=O) groups excluding carboxylic acids is 3. The molecule has 4 aromatic carbocycles. The molecule has 0 saturated carbocycles. The molecule has 0 bridgehead atoms. The molecule has 4 aliphatic heterocycles. The molecule has 3 amide bonds. The van der Waals surface area contributed by atoms with E-state index in [0.29, 0.717) is 34.5 Å². The fourth-order valence-electron chi connectivity index (χ4n) is 12.4. The van der Waals surface area contributed by atoms with Gasteiger partial charge in [-0.15, -0.1) is 11.3 Å². The van der Waals surface area contributed by atoms with Gasteiger partial charge < -0.3 is 44.4 Å². The van der Waals surface area contributed by atoms with E-state index >= 15 is 4.39 Å². The van der Waals surface area contributed by atoms with Gasteiger partial charge in [-0.05, 0) is 91.4 Å². The maximum Gasteiger partial charge on any atom is 0.319 e. The first-order valence-electron chi connectivity index (χ1n) is 27.9. The highest BCUT2D eigenvalue weighted by Crippen LogP contribution is 2.45. The van der Waals surface area contributed by atoms with Gasteiger partial charge >= 0.3 is 6.01 Å². The number of anilines is 2. The molecular weight excluding hydrogens is 1100 g/mol. The van der Waals surface area contributed by atoms with Crippen molar-refractivity contribution in [3.8, 4) is 39.4 Å². The minimum absolute atomic E-state index is 0.0270. The molecule has 3 aromatic heterocycles. The quantitative estimate of drug-likeness (QED) is 0.0768. The zero-order valence-electron chi connectivity index (χ0n) is 46.5. The number of halogens is 3. The normalized spacial score (nSPS) is 19.7. The SMILES string of the molecule is C=C(F)C(=O)N1CCN(c2nc(OCCN3CCC4(CC3)CN(c3cc([C@@H](C(=O)N5C[C@H](O)C[C@H]5C(=O)N[C@@H](C)c5ccc(-c6scnc6C)cc5)C(C)C)on3)C4)nc3c(F)c(-c4cc(O)cc5ccccc45)c(Cl)cc23)C[C@@H]1CC#N. The summed E-state index contributed by atoms with van der Waals surface area (Å²) in [4.78, 5) is 65.0. The van der Waals surface area contributed by atoms with E-state index in [2.05, 4.69) is 42.9 Å². The smallest absolute Gasteiger partial charge is 0.319 e. The van der Waals surface area contributed by atoms with Gasteiger partial charge in [0, 0.05) is 74.7 Å². The van der Waals surface area contributed by atoms with E-state index in [1.165, 1.54) is 15.9 Å². The molecule has 11 rings (SSSR count). The molecule has 7 aromatic rings. The number of piperidine rings is 1. The second-order valence-corrected chi connectivity index (χ2v) is 24.0. The molecule has 5 atom stereocenters. The number of amides is 3. The Labute approximate surface area is 487 Å². The zero-order chi connectivity index (χ0) is 58.4. The van der Waals surface area contributed by atoms with Gasteiger partial charge in [0.05, 0.1) is 51.8 Å². The minimum atomic E-state index is -1.14. The Bertz CT molecular complexity index is 3670.